The van der Waals surface area contributed by atoms with Crippen LogP contribution in [0.15, 0.2) is 34.9 Å². The van der Waals surface area contributed by atoms with E-state index < -0.39 is 0 Å². The van der Waals surface area contributed by atoms with Gasteiger partial charge in [0.2, 0.25) is 0 Å². The number of nitrogens with two attached hydrogens (primary N) is 1. The zero-order valence-corrected chi connectivity index (χ0v) is 12.0. The van der Waals surface area contributed by atoms with Gasteiger partial charge in [0.1, 0.15) is 11.6 Å². The molecular formula is C14H11BrFN3O. The zero-order valence-electron chi connectivity index (χ0n) is 10.4. The molecule has 2 N–H and O–H groups in total. The third-order valence-corrected chi connectivity index (χ3v) is 3.74. The van der Waals surface area contributed by atoms with E-state index in [0.29, 0.717) is 28.7 Å². The average Bonchev–Trinajstić information content (AvgIpc) is 2.83. The standard InChI is InChI=1S/C14H11BrFN3O/c15-9-5-11(13(17)18-7-9)14(20)19-4-3-8-1-2-10(16)6-12(8)19/h1-2,5-7H,3-4H2,(H2,17,18). The van der Waals surface area contributed by atoms with Gasteiger partial charge in [0.25, 0.3) is 5.91 Å². The summed E-state index contributed by atoms with van der Waals surface area (Å²) < 4.78 is 14.0. The Morgan fingerprint density at radius 2 is 2.20 bits per heavy atom. The molecule has 0 atom stereocenters. The van der Waals surface area contributed by atoms with E-state index in [0.717, 1.165) is 5.56 Å². The second-order valence-corrected chi connectivity index (χ2v) is 5.48. The molecule has 0 unspecified atom stereocenters. The molecule has 3 rings (SSSR count). The minimum absolute atomic E-state index is 0.169. The third-order valence-electron chi connectivity index (χ3n) is 3.30. The van der Waals surface area contributed by atoms with E-state index in [-0.39, 0.29) is 17.5 Å². The molecule has 1 aliphatic rings. The van der Waals surface area contributed by atoms with Gasteiger partial charge >= 0.3 is 0 Å². The summed E-state index contributed by atoms with van der Waals surface area (Å²) >= 11 is 3.27. The molecule has 1 amide bonds. The van der Waals surface area contributed by atoms with Crippen LogP contribution in [0.3, 0.4) is 0 Å². The van der Waals surface area contributed by atoms with Gasteiger partial charge in [0.15, 0.2) is 0 Å². The average molecular weight is 336 g/mol. The van der Waals surface area contributed by atoms with Crippen LogP contribution >= 0.6 is 15.9 Å². The van der Waals surface area contributed by atoms with Crippen molar-refractivity contribution in [2.75, 3.05) is 17.2 Å². The quantitative estimate of drug-likeness (QED) is 0.871. The summed E-state index contributed by atoms with van der Waals surface area (Å²) in [5, 5.41) is 0. The molecule has 1 aromatic carbocycles. The Morgan fingerprint density at radius 1 is 1.40 bits per heavy atom. The number of aromatic nitrogens is 1. The van der Waals surface area contributed by atoms with Gasteiger partial charge in [0, 0.05) is 17.2 Å². The van der Waals surface area contributed by atoms with Crippen LogP contribution in [0.5, 0.6) is 0 Å². The number of carbonyl (C=O) groups excluding carboxylic acids is 1. The molecule has 1 aromatic heterocycles. The van der Waals surface area contributed by atoms with Crippen molar-refractivity contribution in [1.82, 2.24) is 4.98 Å². The summed E-state index contributed by atoms with van der Waals surface area (Å²) in [5.41, 5.74) is 7.64. The molecule has 102 valence electrons. The van der Waals surface area contributed by atoms with Crippen LogP contribution in [0, 0.1) is 5.82 Å². The first-order valence-corrected chi connectivity index (χ1v) is 6.87. The predicted molar refractivity (Wildman–Crippen MR) is 78.1 cm³/mol. The molecule has 1 aliphatic heterocycles. The number of hydrogen-bond acceptors (Lipinski definition) is 3. The minimum Gasteiger partial charge on any atom is -0.383 e. The van der Waals surface area contributed by atoms with E-state index in [2.05, 4.69) is 20.9 Å². The Balaban J connectivity index is 2.01. The van der Waals surface area contributed by atoms with Crippen LogP contribution in [0.25, 0.3) is 0 Å². The lowest BCUT2D eigenvalue weighted by molar-refractivity contribution is 0.0990. The summed E-state index contributed by atoms with van der Waals surface area (Å²) in [4.78, 5) is 18.1. The molecule has 2 heterocycles. The maximum atomic E-state index is 13.4. The van der Waals surface area contributed by atoms with E-state index in [1.165, 1.54) is 23.2 Å². The van der Waals surface area contributed by atoms with Crippen molar-refractivity contribution in [2.45, 2.75) is 6.42 Å². The summed E-state index contributed by atoms with van der Waals surface area (Å²) in [6.07, 6.45) is 2.24. The number of fused-ring (bicyclic) bond motifs is 1. The van der Waals surface area contributed by atoms with Crippen molar-refractivity contribution < 1.29 is 9.18 Å². The fourth-order valence-electron chi connectivity index (χ4n) is 2.33. The summed E-state index contributed by atoms with van der Waals surface area (Å²) in [6, 6.07) is 6.12. The molecule has 0 bridgehead atoms. The number of pyridine rings is 1. The molecule has 0 aliphatic carbocycles. The summed E-state index contributed by atoms with van der Waals surface area (Å²) in [7, 11) is 0. The Morgan fingerprint density at radius 3 is 3.00 bits per heavy atom. The van der Waals surface area contributed by atoms with E-state index in [1.807, 2.05) is 0 Å². The van der Waals surface area contributed by atoms with Crippen LogP contribution in [-0.4, -0.2) is 17.4 Å². The Hall–Kier alpha value is -1.95. The number of benzene rings is 1. The van der Waals surface area contributed by atoms with Crippen molar-refractivity contribution in [1.29, 1.82) is 0 Å². The van der Waals surface area contributed by atoms with Gasteiger partial charge in [0.05, 0.1) is 11.3 Å². The van der Waals surface area contributed by atoms with Gasteiger partial charge in [-0.2, -0.15) is 0 Å². The highest BCUT2D eigenvalue weighted by Gasteiger charge is 2.27. The van der Waals surface area contributed by atoms with Gasteiger partial charge in [-0.15, -0.1) is 0 Å². The Labute approximate surface area is 123 Å². The fraction of sp³-hybridized carbons (Fsp3) is 0.143. The number of amides is 1. The number of halogens is 2. The normalized spacial score (nSPS) is 13.4. The third kappa shape index (κ3) is 2.16. The van der Waals surface area contributed by atoms with Crippen LogP contribution in [0.4, 0.5) is 15.9 Å². The lowest BCUT2D eigenvalue weighted by Crippen LogP contribution is -2.29. The summed E-state index contributed by atoms with van der Waals surface area (Å²) in [6.45, 7) is 0.517. The highest BCUT2D eigenvalue weighted by Crippen LogP contribution is 2.31. The molecule has 0 saturated heterocycles. The van der Waals surface area contributed by atoms with Gasteiger partial charge < -0.3 is 10.6 Å². The molecule has 0 saturated carbocycles. The number of hydrogen-bond donors (Lipinski definition) is 1. The minimum atomic E-state index is -0.358. The van der Waals surface area contributed by atoms with Crippen LogP contribution in [0.2, 0.25) is 0 Å². The number of nitrogen functional groups attached to an aromatic ring is 1. The lowest BCUT2D eigenvalue weighted by atomic mass is 10.1. The first-order valence-electron chi connectivity index (χ1n) is 6.07. The first-order chi connectivity index (χ1) is 9.56. The van der Waals surface area contributed by atoms with Crippen molar-refractivity contribution in [3.05, 3.63) is 51.9 Å². The van der Waals surface area contributed by atoms with Crippen molar-refractivity contribution in [3.8, 4) is 0 Å². The number of anilines is 2. The molecule has 2 aromatic rings. The first kappa shape index (κ1) is 13.1. The fourth-order valence-corrected chi connectivity index (χ4v) is 2.66. The molecule has 0 fully saturated rings. The lowest BCUT2D eigenvalue weighted by Gasteiger charge is -2.18. The van der Waals surface area contributed by atoms with Crippen LogP contribution in [-0.2, 0) is 6.42 Å². The number of rotatable bonds is 1. The maximum absolute atomic E-state index is 13.4. The van der Waals surface area contributed by atoms with Crippen molar-refractivity contribution >= 4 is 33.3 Å². The van der Waals surface area contributed by atoms with Crippen molar-refractivity contribution in [2.24, 2.45) is 0 Å². The second-order valence-electron chi connectivity index (χ2n) is 4.57. The molecule has 20 heavy (non-hydrogen) atoms. The van der Waals surface area contributed by atoms with E-state index in [4.69, 9.17) is 5.73 Å². The topological polar surface area (TPSA) is 59.2 Å². The number of nitrogens with zero attached hydrogens (tertiary/aromatic N) is 2. The van der Waals surface area contributed by atoms with E-state index in [1.54, 1.807) is 12.1 Å². The van der Waals surface area contributed by atoms with Crippen molar-refractivity contribution in [3.63, 3.8) is 0 Å². The number of carbonyl (C=O) groups is 1. The van der Waals surface area contributed by atoms with Crippen LogP contribution in [0.1, 0.15) is 15.9 Å². The second kappa shape index (κ2) is 4.86. The summed E-state index contributed by atoms with van der Waals surface area (Å²) in [5.74, 6) is -0.451. The predicted octanol–water partition coefficient (Wildman–Crippen LogP) is 2.77. The largest absolute Gasteiger partial charge is 0.383 e. The maximum Gasteiger partial charge on any atom is 0.262 e. The molecular weight excluding hydrogens is 325 g/mol. The highest BCUT2D eigenvalue weighted by molar-refractivity contribution is 9.10. The van der Waals surface area contributed by atoms with Gasteiger partial charge in [-0.3, -0.25) is 4.79 Å². The van der Waals surface area contributed by atoms with Gasteiger partial charge in [-0.25, -0.2) is 9.37 Å². The Kier molecular flexibility index (Phi) is 3.17. The Bertz CT molecular complexity index is 705. The molecule has 6 heteroatoms. The molecule has 4 nitrogen and oxygen atoms in total. The highest BCUT2D eigenvalue weighted by atomic mass is 79.9. The zero-order chi connectivity index (χ0) is 14.3. The smallest absolute Gasteiger partial charge is 0.262 e. The van der Waals surface area contributed by atoms with Gasteiger partial charge in [-0.1, -0.05) is 6.07 Å². The molecule has 0 spiro atoms. The van der Waals surface area contributed by atoms with Crippen LogP contribution < -0.4 is 10.6 Å². The SMILES string of the molecule is Nc1ncc(Br)cc1C(=O)N1CCc2ccc(F)cc21. The molecule has 0 radical (unpaired) electrons. The van der Waals surface area contributed by atoms with E-state index in [9.17, 15) is 9.18 Å². The monoisotopic (exact) mass is 335 g/mol. The van der Waals surface area contributed by atoms with Gasteiger partial charge in [-0.05, 0) is 46.1 Å². The van der Waals surface area contributed by atoms with E-state index >= 15 is 0 Å².